The minimum Gasteiger partial charge on any atom is -0.339 e. The predicted molar refractivity (Wildman–Crippen MR) is 100 cm³/mol. The molecule has 0 heterocycles. The van der Waals surface area contributed by atoms with Crippen molar-refractivity contribution in [3.63, 3.8) is 0 Å². The summed E-state index contributed by atoms with van der Waals surface area (Å²) in [7, 11) is 0. The quantitative estimate of drug-likeness (QED) is 0.358. The first-order valence-electron chi connectivity index (χ1n) is 9.30. The molecular weight excluding hydrogens is 282 g/mol. The van der Waals surface area contributed by atoms with Crippen molar-refractivity contribution < 1.29 is 4.79 Å². The molecule has 0 atom stereocenters. The van der Waals surface area contributed by atoms with Crippen molar-refractivity contribution in [2.45, 2.75) is 65.2 Å². The predicted octanol–water partition coefficient (Wildman–Crippen LogP) is 5.69. The number of hydrogen-bond donors (Lipinski definition) is 0. The van der Waals surface area contributed by atoms with Crippen LogP contribution in [-0.4, -0.2) is 23.9 Å². The van der Waals surface area contributed by atoms with Gasteiger partial charge in [0.15, 0.2) is 0 Å². The molecule has 0 saturated carbocycles. The molecule has 0 radical (unpaired) electrons. The molecule has 2 nitrogen and oxygen atoms in total. The third kappa shape index (κ3) is 9.22. The van der Waals surface area contributed by atoms with E-state index in [4.69, 9.17) is 0 Å². The van der Waals surface area contributed by atoms with Crippen LogP contribution in [0.2, 0.25) is 0 Å². The molecule has 0 aliphatic carbocycles. The zero-order chi connectivity index (χ0) is 16.8. The second kappa shape index (κ2) is 12.9. The average Bonchev–Trinajstić information content (AvgIpc) is 2.59. The molecule has 128 valence electrons. The smallest absolute Gasteiger partial charge is 0.246 e. The van der Waals surface area contributed by atoms with E-state index in [1.807, 2.05) is 41.3 Å². The summed E-state index contributed by atoms with van der Waals surface area (Å²) in [5.74, 6) is 0.154. The minimum atomic E-state index is 0.154. The van der Waals surface area contributed by atoms with Crippen LogP contribution < -0.4 is 0 Å². The van der Waals surface area contributed by atoms with E-state index in [-0.39, 0.29) is 5.91 Å². The first-order chi connectivity index (χ1) is 11.3. The van der Waals surface area contributed by atoms with Crippen LogP contribution in [0, 0.1) is 0 Å². The summed E-state index contributed by atoms with van der Waals surface area (Å²) in [6.45, 7) is 6.22. The van der Waals surface area contributed by atoms with E-state index >= 15 is 0 Å². The largest absolute Gasteiger partial charge is 0.339 e. The monoisotopic (exact) mass is 315 g/mol. The van der Waals surface area contributed by atoms with Crippen molar-refractivity contribution in [3.05, 3.63) is 42.0 Å². The molecule has 0 aromatic heterocycles. The fourth-order valence-electron chi connectivity index (χ4n) is 2.63. The molecule has 1 aromatic carbocycles. The highest BCUT2D eigenvalue weighted by atomic mass is 16.2. The first-order valence-corrected chi connectivity index (χ1v) is 9.30. The highest BCUT2D eigenvalue weighted by Crippen LogP contribution is 2.08. The van der Waals surface area contributed by atoms with E-state index in [0.29, 0.717) is 0 Å². The van der Waals surface area contributed by atoms with Crippen molar-refractivity contribution in [3.8, 4) is 0 Å². The Balaban J connectivity index is 2.50. The van der Waals surface area contributed by atoms with Gasteiger partial charge in [0.1, 0.15) is 0 Å². The van der Waals surface area contributed by atoms with Crippen LogP contribution in [0.5, 0.6) is 0 Å². The summed E-state index contributed by atoms with van der Waals surface area (Å²) in [4.78, 5) is 14.5. The van der Waals surface area contributed by atoms with Crippen molar-refractivity contribution in [1.82, 2.24) is 4.90 Å². The van der Waals surface area contributed by atoms with Gasteiger partial charge in [-0.2, -0.15) is 0 Å². The molecule has 0 aliphatic heterocycles. The van der Waals surface area contributed by atoms with Gasteiger partial charge in [0.25, 0.3) is 0 Å². The zero-order valence-electron chi connectivity index (χ0n) is 15.0. The average molecular weight is 316 g/mol. The fourth-order valence-corrected chi connectivity index (χ4v) is 2.63. The SMILES string of the molecule is CCCCCCN(CCCCCC)C(=O)/C=C/c1ccccc1. The third-order valence-electron chi connectivity index (χ3n) is 4.09. The maximum absolute atomic E-state index is 12.5. The van der Waals surface area contributed by atoms with Gasteiger partial charge in [-0.3, -0.25) is 4.79 Å². The Kier molecular flexibility index (Phi) is 10.9. The van der Waals surface area contributed by atoms with Crippen molar-refractivity contribution in [1.29, 1.82) is 0 Å². The molecule has 0 N–H and O–H groups in total. The van der Waals surface area contributed by atoms with E-state index in [1.165, 1.54) is 38.5 Å². The number of carbonyl (C=O) groups excluding carboxylic acids is 1. The lowest BCUT2D eigenvalue weighted by Crippen LogP contribution is -2.31. The molecule has 0 aliphatic rings. The van der Waals surface area contributed by atoms with Crippen LogP contribution in [0.4, 0.5) is 0 Å². The Morgan fingerprint density at radius 1 is 0.870 bits per heavy atom. The lowest BCUT2D eigenvalue weighted by atomic mass is 10.1. The molecule has 23 heavy (non-hydrogen) atoms. The van der Waals surface area contributed by atoms with Gasteiger partial charge in [-0.15, -0.1) is 0 Å². The summed E-state index contributed by atoms with van der Waals surface area (Å²) >= 11 is 0. The summed E-state index contributed by atoms with van der Waals surface area (Å²) in [6, 6.07) is 10.0. The summed E-state index contributed by atoms with van der Waals surface area (Å²) < 4.78 is 0. The van der Waals surface area contributed by atoms with Gasteiger partial charge < -0.3 is 4.90 Å². The molecule has 0 spiro atoms. The highest BCUT2D eigenvalue weighted by Gasteiger charge is 2.09. The molecule has 1 aromatic rings. The number of benzene rings is 1. The Morgan fingerprint density at radius 3 is 1.96 bits per heavy atom. The van der Waals surface area contributed by atoms with Crippen molar-refractivity contribution >= 4 is 12.0 Å². The Morgan fingerprint density at radius 2 is 1.43 bits per heavy atom. The van der Waals surface area contributed by atoms with E-state index in [2.05, 4.69) is 13.8 Å². The Labute approximate surface area is 142 Å². The molecule has 1 rings (SSSR count). The number of hydrogen-bond acceptors (Lipinski definition) is 1. The van der Waals surface area contributed by atoms with Gasteiger partial charge in [-0.25, -0.2) is 0 Å². The standard InChI is InChI=1S/C21H33NO/c1-3-5-7-12-18-22(19-13-8-6-4-2)21(23)17-16-20-14-10-9-11-15-20/h9-11,14-17H,3-8,12-13,18-19H2,1-2H3/b17-16+. The summed E-state index contributed by atoms with van der Waals surface area (Å²) in [6.07, 6.45) is 13.3. The summed E-state index contributed by atoms with van der Waals surface area (Å²) in [5.41, 5.74) is 1.08. The van der Waals surface area contributed by atoms with E-state index in [0.717, 1.165) is 31.5 Å². The second-order valence-electron chi connectivity index (χ2n) is 6.19. The van der Waals surface area contributed by atoms with Gasteiger partial charge in [0.05, 0.1) is 0 Å². The number of nitrogens with zero attached hydrogens (tertiary/aromatic N) is 1. The molecule has 0 unspecified atom stereocenters. The van der Waals surface area contributed by atoms with Crippen LogP contribution in [0.25, 0.3) is 6.08 Å². The van der Waals surface area contributed by atoms with Gasteiger partial charge in [0.2, 0.25) is 5.91 Å². The first kappa shape index (κ1) is 19.5. The molecule has 0 fully saturated rings. The fraction of sp³-hybridized carbons (Fsp3) is 0.571. The number of rotatable bonds is 12. The number of unbranched alkanes of at least 4 members (excludes halogenated alkanes) is 6. The molecule has 1 amide bonds. The normalized spacial score (nSPS) is 11.0. The Hall–Kier alpha value is -1.57. The maximum Gasteiger partial charge on any atom is 0.246 e. The van der Waals surface area contributed by atoms with Gasteiger partial charge >= 0.3 is 0 Å². The molecule has 0 saturated heterocycles. The van der Waals surface area contributed by atoms with Crippen molar-refractivity contribution in [2.75, 3.05) is 13.1 Å². The van der Waals surface area contributed by atoms with E-state index in [9.17, 15) is 4.79 Å². The van der Waals surface area contributed by atoms with Gasteiger partial charge in [0, 0.05) is 19.2 Å². The van der Waals surface area contributed by atoms with Crippen LogP contribution in [0.3, 0.4) is 0 Å². The van der Waals surface area contributed by atoms with Crippen LogP contribution in [0.1, 0.15) is 70.8 Å². The highest BCUT2D eigenvalue weighted by molar-refractivity contribution is 5.91. The Bertz CT molecular complexity index is 426. The summed E-state index contributed by atoms with van der Waals surface area (Å²) in [5, 5.41) is 0. The number of carbonyl (C=O) groups is 1. The second-order valence-corrected chi connectivity index (χ2v) is 6.19. The van der Waals surface area contributed by atoms with Crippen LogP contribution in [0.15, 0.2) is 36.4 Å². The molecule has 2 heteroatoms. The lowest BCUT2D eigenvalue weighted by molar-refractivity contribution is -0.126. The maximum atomic E-state index is 12.5. The zero-order valence-corrected chi connectivity index (χ0v) is 15.0. The molecule has 0 bridgehead atoms. The molecular formula is C21H33NO. The van der Waals surface area contributed by atoms with Gasteiger partial charge in [-0.1, -0.05) is 82.7 Å². The van der Waals surface area contributed by atoms with Crippen LogP contribution in [-0.2, 0) is 4.79 Å². The third-order valence-corrected chi connectivity index (χ3v) is 4.09. The number of amides is 1. The topological polar surface area (TPSA) is 20.3 Å². The van der Waals surface area contributed by atoms with E-state index < -0.39 is 0 Å². The minimum absolute atomic E-state index is 0.154. The van der Waals surface area contributed by atoms with E-state index in [1.54, 1.807) is 6.08 Å². The van der Waals surface area contributed by atoms with Crippen molar-refractivity contribution in [2.24, 2.45) is 0 Å². The van der Waals surface area contributed by atoms with Crippen LogP contribution >= 0.6 is 0 Å². The van der Waals surface area contributed by atoms with Gasteiger partial charge in [-0.05, 0) is 24.5 Å². The lowest BCUT2D eigenvalue weighted by Gasteiger charge is -2.21.